The van der Waals surface area contributed by atoms with Gasteiger partial charge in [0.05, 0.1) is 19.7 Å². The van der Waals surface area contributed by atoms with Gasteiger partial charge in [0.2, 0.25) is 0 Å². The summed E-state index contributed by atoms with van der Waals surface area (Å²) in [6.45, 7) is 5.61. The van der Waals surface area contributed by atoms with Crippen molar-refractivity contribution in [2.75, 3.05) is 26.1 Å². The van der Waals surface area contributed by atoms with Gasteiger partial charge < -0.3 is 20.1 Å². The molecule has 0 amide bonds. The maximum absolute atomic E-state index is 5.55. The van der Waals surface area contributed by atoms with Gasteiger partial charge in [-0.15, -0.1) is 0 Å². The third-order valence-electron chi connectivity index (χ3n) is 5.72. The molecule has 0 saturated carbocycles. The Kier molecular flexibility index (Phi) is 4.43. The number of aryl methyl sites for hydroxylation is 1. The minimum Gasteiger partial charge on any atom is -0.493 e. The van der Waals surface area contributed by atoms with Crippen LogP contribution in [0.2, 0.25) is 0 Å². The lowest BCUT2D eigenvalue weighted by Crippen LogP contribution is -2.50. The number of nitrogens with zero attached hydrogens (tertiary/aromatic N) is 1. The standard InChI is InChI=1S/C21H29N3O2/c1-21(2)12-13(8-9-22-21)23-20-14-6-5-7-16(14)24-17-11-19(26-4)18(25-3)10-15(17)20/h10-11,13,22H,5-9,12H2,1-4H3,(H,23,24). The first kappa shape index (κ1) is 17.4. The lowest BCUT2D eigenvalue weighted by molar-refractivity contribution is 0.286. The second kappa shape index (κ2) is 6.62. The van der Waals surface area contributed by atoms with Crippen LogP contribution in [0, 0.1) is 0 Å². The van der Waals surface area contributed by atoms with Gasteiger partial charge in [-0.25, -0.2) is 0 Å². The highest BCUT2D eigenvalue weighted by atomic mass is 16.5. The fraction of sp³-hybridized carbons (Fsp3) is 0.571. The minimum atomic E-state index is 0.169. The van der Waals surface area contributed by atoms with Crippen LogP contribution >= 0.6 is 0 Å². The summed E-state index contributed by atoms with van der Waals surface area (Å²) in [7, 11) is 3.36. The number of piperidine rings is 1. The van der Waals surface area contributed by atoms with Crippen molar-refractivity contribution in [3.05, 3.63) is 23.4 Å². The van der Waals surface area contributed by atoms with Crippen molar-refractivity contribution in [1.82, 2.24) is 10.3 Å². The molecule has 0 radical (unpaired) electrons. The van der Waals surface area contributed by atoms with Gasteiger partial charge in [0, 0.05) is 34.4 Å². The Labute approximate surface area is 155 Å². The van der Waals surface area contributed by atoms with E-state index in [1.807, 2.05) is 6.07 Å². The van der Waals surface area contributed by atoms with Crippen molar-refractivity contribution in [2.24, 2.45) is 0 Å². The molecular weight excluding hydrogens is 326 g/mol. The Morgan fingerprint density at radius 1 is 1.15 bits per heavy atom. The van der Waals surface area contributed by atoms with Crippen molar-refractivity contribution in [3.63, 3.8) is 0 Å². The summed E-state index contributed by atoms with van der Waals surface area (Å²) in [6.07, 6.45) is 5.59. The van der Waals surface area contributed by atoms with E-state index < -0.39 is 0 Å². The van der Waals surface area contributed by atoms with Gasteiger partial charge in [-0.2, -0.15) is 0 Å². The largest absolute Gasteiger partial charge is 0.493 e. The van der Waals surface area contributed by atoms with E-state index in [-0.39, 0.29) is 5.54 Å². The molecule has 2 N–H and O–H groups in total. The molecule has 0 spiro atoms. The number of rotatable bonds is 4. The second-order valence-corrected chi connectivity index (χ2v) is 8.13. The lowest BCUT2D eigenvalue weighted by atomic mass is 9.89. The first-order chi connectivity index (χ1) is 12.5. The third kappa shape index (κ3) is 3.09. The molecule has 1 fully saturated rings. The van der Waals surface area contributed by atoms with Crippen molar-refractivity contribution < 1.29 is 9.47 Å². The van der Waals surface area contributed by atoms with Crippen LogP contribution in [-0.2, 0) is 12.8 Å². The zero-order valence-corrected chi connectivity index (χ0v) is 16.2. The van der Waals surface area contributed by atoms with Crippen molar-refractivity contribution in [1.29, 1.82) is 0 Å². The maximum atomic E-state index is 5.55. The quantitative estimate of drug-likeness (QED) is 0.876. The Morgan fingerprint density at radius 2 is 1.92 bits per heavy atom. The Morgan fingerprint density at radius 3 is 2.65 bits per heavy atom. The van der Waals surface area contributed by atoms with Crippen LogP contribution in [0.4, 0.5) is 5.69 Å². The van der Waals surface area contributed by atoms with E-state index in [4.69, 9.17) is 14.5 Å². The molecule has 2 heterocycles. The number of hydrogen-bond acceptors (Lipinski definition) is 5. The van der Waals surface area contributed by atoms with E-state index >= 15 is 0 Å². The van der Waals surface area contributed by atoms with Crippen LogP contribution in [0.1, 0.15) is 44.4 Å². The van der Waals surface area contributed by atoms with Crippen molar-refractivity contribution in [2.45, 2.75) is 57.5 Å². The number of benzene rings is 1. The van der Waals surface area contributed by atoms with E-state index in [1.165, 1.54) is 23.4 Å². The van der Waals surface area contributed by atoms with Crippen LogP contribution in [0.15, 0.2) is 12.1 Å². The summed E-state index contributed by atoms with van der Waals surface area (Å²) in [5.41, 5.74) is 5.04. The zero-order valence-electron chi connectivity index (χ0n) is 16.2. The predicted molar refractivity (Wildman–Crippen MR) is 106 cm³/mol. The first-order valence-corrected chi connectivity index (χ1v) is 9.60. The highest BCUT2D eigenvalue weighted by Gasteiger charge is 2.29. The number of ether oxygens (including phenoxy) is 2. The number of nitrogens with one attached hydrogen (secondary N) is 2. The van der Waals surface area contributed by atoms with E-state index in [9.17, 15) is 0 Å². The van der Waals surface area contributed by atoms with Crippen LogP contribution in [0.5, 0.6) is 11.5 Å². The highest BCUT2D eigenvalue weighted by molar-refractivity contribution is 5.96. The molecule has 26 heavy (non-hydrogen) atoms. The molecule has 0 bridgehead atoms. The molecule has 1 aromatic heterocycles. The smallest absolute Gasteiger partial charge is 0.162 e. The summed E-state index contributed by atoms with van der Waals surface area (Å²) in [6, 6.07) is 4.55. The fourth-order valence-electron chi connectivity index (χ4n) is 4.46. The molecular formula is C21H29N3O2. The molecule has 4 rings (SSSR count). The Balaban J connectivity index is 1.81. The van der Waals surface area contributed by atoms with Gasteiger partial charge in [-0.05, 0) is 64.1 Å². The minimum absolute atomic E-state index is 0.169. The molecule has 1 aromatic carbocycles. The van der Waals surface area contributed by atoms with Crippen molar-refractivity contribution in [3.8, 4) is 11.5 Å². The SMILES string of the molecule is COc1cc2nc3c(c(NC4CCNC(C)(C)C4)c2cc1OC)CCC3. The van der Waals surface area contributed by atoms with Gasteiger partial charge in [0.1, 0.15) is 0 Å². The molecule has 2 aliphatic rings. The van der Waals surface area contributed by atoms with Gasteiger partial charge in [-0.3, -0.25) is 4.98 Å². The topological polar surface area (TPSA) is 55.4 Å². The lowest BCUT2D eigenvalue weighted by Gasteiger charge is -2.37. The van der Waals surface area contributed by atoms with Crippen LogP contribution < -0.4 is 20.1 Å². The van der Waals surface area contributed by atoms with E-state index in [0.717, 1.165) is 54.6 Å². The van der Waals surface area contributed by atoms with Gasteiger partial charge in [-0.1, -0.05) is 0 Å². The molecule has 1 aliphatic carbocycles. The molecule has 1 atom stereocenters. The molecule has 5 heteroatoms. The second-order valence-electron chi connectivity index (χ2n) is 8.13. The monoisotopic (exact) mass is 355 g/mol. The van der Waals surface area contributed by atoms with Gasteiger partial charge in [0.15, 0.2) is 11.5 Å². The molecule has 5 nitrogen and oxygen atoms in total. The van der Waals surface area contributed by atoms with Crippen LogP contribution in [0.3, 0.4) is 0 Å². The Hall–Kier alpha value is -2.01. The summed E-state index contributed by atoms with van der Waals surface area (Å²) in [5.74, 6) is 1.49. The molecule has 2 aromatic rings. The predicted octanol–water partition coefficient (Wildman–Crippen LogP) is 3.68. The van der Waals surface area contributed by atoms with Crippen molar-refractivity contribution >= 4 is 16.6 Å². The summed E-state index contributed by atoms with van der Waals surface area (Å²) < 4.78 is 11.0. The maximum Gasteiger partial charge on any atom is 0.162 e. The number of pyridine rings is 1. The number of fused-ring (bicyclic) bond motifs is 2. The summed E-state index contributed by atoms with van der Waals surface area (Å²) in [5, 5.41) is 8.64. The molecule has 1 unspecified atom stereocenters. The van der Waals surface area contributed by atoms with Crippen LogP contribution in [0.25, 0.3) is 10.9 Å². The first-order valence-electron chi connectivity index (χ1n) is 9.60. The zero-order chi connectivity index (χ0) is 18.3. The molecule has 1 aliphatic heterocycles. The van der Waals surface area contributed by atoms with E-state index in [2.05, 4.69) is 30.5 Å². The average molecular weight is 355 g/mol. The average Bonchev–Trinajstić information content (AvgIpc) is 3.08. The summed E-state index contributed by atoms with van der Waals surface area (Å²) >= 11 is 0. The number of hydrogen-bond donors (Lipinski definition) is 2. The van der Waals surface area contributed by atoms with Gasteiger partial charge in [0.25, 0.3) is 0 Å². The number of aromatic nitrogens is 1. The van der Waals surface area contributed by atoms with E-state index in [0.29, 0.717) is 6.04 Å². The summed E-state index contributed by atoms with van der Waals surface area (Å²) in [4.78, 5) is 4.93. The molecule has 140 valence electrons. The molecule has 1 saturated heterocycles. The number of methoxy groups -OCH3 is 2. The number of anilines is 1. The third-order valence-corrected chi connectivity index (χ3v) is 5.72. The van der Waals surface area contributed by atoms with E-state index in [1.54, 1.807) is 14.2 Å². The Bertz CT molecular complexity index is 832. The van der Waals surface area contributed by atoms with Crippen LogP contribution in [-0.4, -0.2) is 37.3 Å². The normalized spacial score (nSPS) is 21.5. The highest BCUT2D eigenvalue weighted by Crippen LogP contribution is 2.40. The van der Waals surface area contributed by atoms with Gasteiger partial charge >= 0.3 is 0 Å². The fourth-order valence-corrected chi connectivity index (χ4v) is 4.46.